The summed E-state index contributed by atoms with van der Waals surface area (Å²) in [6.07, 6.45) is 6.07. The molecule has 0 fully saturated rings. The Hall–Kier alpha value is -2.50. The van der Waals surface area contributed by atoms with E-state index in [1.807, 2.05) is 0 Å². The summed E-state index contributed by atoms with van der Waals surface area (Å²) in [6, 6.07) is 2.94. The zero-order valence-electron chi connectivity index (χ0n) is 9.59. The molecule has 1 aromatic carbocycles. The van der Waals surface area contributed by atoms with E-state index in [-0.39, 0.29) is 5.69 Å². The van der Waals surface area contributed by atoms with Gasteiger partial charge in [0.25, 0.3) is 5.69 Å². The number of nitrogens with zero attached hydrogens (tertiary/aromatic N) is 1. The number of carbonyl (C=O) groups is 1. The zero-order chi connectivity index (χ0) is 13.5. The average Bonchev–Trinajstić information content (AvgIpc) is 2.31. The van der Waals surface area contributed by atoms with Crippen molar-refractivity contribution in [3.8, 4) is 0 Å². The fourth-order valence-electron chi connectivity index (χ4n) is 1.19. The number of halogens is 1. The lowest BCUT2D eigenvalue weighted by Gasteiger charge is -2.03. The van der Waals surface area contributed by atoms with Crippen molar-refractivity contribution in [3.63, 3.8) is 0 Å². The number of nitro groups is 1. The summed E-state index contributed by atoms with van der Waals surface area (Å²) in [4.78, 5) is 21.3. The highest BCUT2D eigenvalue weighted by Crippen LogP contribution is 2.24. The van der Waals surface area contributed by atoms with E-state index in [4.69, 9.17) is 0 Å². The van der Waals surface area contributed by atoms with Crippen molar-refractivity contribution in [1.82, 2.24) is 0 Å². The largest absolute Gasteiger partial charge is 0.317 e. The Morgan fingerprint density at radius 1 is 1.44 bits per heavy atom. The van der Waals surface area contributed by atoms with Gasteiger partial charge in [-0.1, -0.05) is 18.2 Å². The maximum absolute atomic E-state index is 12.9. The summed E-state index contributed by atoms with van der Waals surface area (Å²) in [5.41, 5.74) is -0.528. The van der Waals surface area contributed by atoms with Gasteiger partial charge < -0.3 is 5.32 Å². The van der Waals surface area contributed by atoms with E-state index in [0.717, 1.165) is 18.2 Å². The molecule has 0 bridgehead atoms. The van der Waals surface area contributed by atoms with Crippen molar-refractivity contribution in [1.29, 1.82) is 0 Å². The van der Waals surface area contributed by atoms with Crippen molar-refractivity contribution in [2.75, 3.05) is 5.32 Å². The van der Waals surface area contributed by atoms with Gasteiger partial charge in [-0.2, -0.15) is 0 Å². The van der Waals surface area contributed by atoms with Crippen molar-refractivity contribution >= 4 is 17.3 Å². The van der Waals surface area contributed by atoms with Crippen molar-refractivity contribution in [3.05, 3.63) is 58.4 Å². The fourth-order valence-corrected chi connectivity index (χ4v) is 1.19. The Balaban J connectivity index is 2.90. The molecular formula is C12H11FN2O3. The molecular weight excluding hydrogens is 239 g/mol. The minimum Gasteiger partial charge on any atom is -0.317 e. The Bertz CT molecular complexity index is 524. The summed E-state index contributed by atoms with van der Waals surface area (Å²) in [6.45, 7) is 1.78. The van der Waals surface area contributed by atoms with Crippen LogP contribution in [0, 0.1) is 15.9 Å². The molecule has 1 aromatic rings. The van der Waals surface area contributed by atoms with Crippen LogP contribution in [-0.2, 0) is 4.79 Å². The SMILES string of the molecule is C/C=C/C=C/C(=O)Nc1ccc(F)cc1[N+](=O)[O-]. The quantitative estimate of drug-likeness (QED) is 0.386. The van der Waals surface area contributed by atoms with Gasteiger partial charge in [0.05, 0.1) is 11.0 Å². The van der Waals surface area contributed by atoms with Gasteiger partial charge in [0.1, 0.15) is 11.5 Å². The molecule has 0 aliphatic carbocycles. The van der Waals surface area contributed by atoms with E-state index in [1.165, 1.54) is 12.2 Å². The smallest absolute Gasteiger partial charge is 0.295 e. The van der Waals surface area contributed by atoms with Crippen LogP contribution in [0.4, 0.5) is 15.8 Å². The zero-order valence-corrected chi connectivity index (χ0v) is 9.59. The summed E-state index contributed by atoms with van der Waals surface area (Å²) >= 11 is 0. The molecule has 0 spiro atoms. The van der Waals surface area contributed by atoms with Crippen LogP contribution in [0.3, 0.4) is 0 Å². The molecule has 18 heavy (non-hydrogen) atoms. The number of nitrogens with one attached hydrogen (secondary N) is 1. The Morgan fingerprint density at radius 3 is 2.78 bits per heavy atom. The van der Waals surface area contributed by atoms with E-state index < -0.39 is 22.3 Å². The van der Waals surface area contributed by atoms with Gasteiger partial charge in [-0.3, -0.25) is 14.9 Å². The fraction of sp³-hybridized carbons (Fsp3) is 0.0833. The van der Waals surface area contributed by atoms with E-state index in [1.54, 1.807) is 19.1 Å². The van der Waals surface area contributed by atoms with Crippen LogP contribution in [0.5, 0.6) is 0 Å². The molecule has 5 nitrogen and oxygen atoms in total. The minimum absolute atomic E-state index is 0.0449. The highest BCUT2D eigenvalue weighted by Gasteiger charge is 2.15. The number of anilines is 1. The second-order valence-electron chi connectivity index (χ2n) is 3.29. The van der Waals surface area contributed by atoms with E-state index >= 15 is 0 Å². The summed E-state index contributed by atoms with van der Waals surface area (Å²) in [7, 11) is 0. The number of carbonyl (C=O) groups excluding carboxylic acids is 1. The van der Waals surface area contributed by atoms with Crippen molar-refractivity contribution in [2.45, 2.75) is 6.92 Å². The number of allylic oxidation sites excluding steroid dienone is 3. The molecule has 1 N–H and O–H groups in total. The van der Waals surface area contributed by atoms with Gasteiger partial charge in [-0.05, 0) is 19.1 Å². The second-order valence-corrected chi connectivity index (χ2v) is 3.29. The Kier molecular flexibility index (Phi) is 4.74. The van der Waals surface area contributed by atoms with Crippen LogP contribution in [0.25, 0.3) is 0 Å². The monoisotopic (exact) mass is 250 g/mol. The first-order valence-electron chi connectivity index (χ1n) is 5.09. The number of nitro benzene ring substituents is 1. The van der Waals surface area contributed by atoms with Gasteiger partial charge in [0.2, 0.25) is 5.91 Å². The number of amides is 1. The molecule has 1 rings (SSSR count). The second kappa shape index (κ2) is 6.29. The first kappa shape index (κ1) is 13.6. The Morgan fingerprint density at radius 2 is 2.17 bits per heavy atom. The summed E-state index contributed by atoms with van der Waals surface area (Å²) < 4.78 is 12.9. The highest BCUT2D eigenvalue weighted by atomic mass is 19.1. The molecule has 1 amide bonds. The predicted molar refractivity (Wildman–Crippen MR) is 65.6 cm³/mol. The van der Waals surface area contributed by atoms with Crippen LogP contribution in [0.15, 0.2) is 42.5 Å². The van der Waals surface area contributed by atoms with Crippen molar-refractivity contribution in [2.24, 2.45) is 0 Å². The molecule has 6 heteroatoms. The van der Waals surface area contributed by atoms with Gasteiger partial charge in [-0.25, -0.2) is 4.39 Å². The summed E-state index contributed by atoms with van der Waals surface area (Å²) in [5.74, 6) is -1.26. The molecule has 0 aromatic heterocycles. The molecule has 0 atom stereocenters. The van der Waals surface area contributed by atoms with Gasteiger partial charge in [0, 0.05) is 6.08 Å². The summed E-state index contributed by atoms with van der Waals surface area (Å²) in [5, 5.41) is 13.0. The third-order valence-corrected chi connectivity index (χ3v) is 1.97. The number of hydrogen-bond acceptors (Lipinski definition) is 3. The third-order valence-electron chi connectivity index (χ3n) is 1.97. The Labute approximate surface area is 103 Å². The molecule has 0 aliphatic rings. The number of rotatable bonds is 4. The standard InChI is InChI=1S/C12H11FN2O3/c1-2-3-4-5-12(16)14-10-7-6-9(13)8-11(10)15(17)18/h2-8H,1H3,(H,14,16)/b3-2+,5-4+. The topological polar surface area (TPSA) is 72.2 Å². The lowest BCUT2D eigenvalue weighted by molar-refractivity contribution is -0.384. The van der Waals surface area contributed by atoms with E-state index in [9.17, 15) is 19.3 Å². The maximum atomic E-state index is 12.9. The molecule has 0 aliphatic heterocycles. The lowest BCUT2D eigenvalue weighted by Crippen LogP contribution is -2.09. The van der Waals surface area contributed by atoms with Crippen LogP contribution >= 0.6 is 0 Å². The van der Waals surface area contributed by atoms with Gasteiger partial charge in [-0.15, -0.1) is 0 Å². The van der Waals surface area contributed by atoms with Crippen molar-refractivity contribution < 1.29 is 14.1 Å². The van der Waals surface area contributed by atoms with Crippen LogP contribution in [0.1, 0.15) is 6.92 Å². The van der Waals surface area contributed by atoms with Crippen LogP contribution in [-0.4, -0.2) is 10.8 Å². The molecule has 0 saturated carbocycles. The molecule has 0 heterocycles. The number of hydrogen-bond donors (Lipinski definition) is 1. The molecule has 94 valence electrons. The minimum atomic E-state index is -0.756. The van der Waals surface area contributed by atoms with Gasteiger partial charge >= 0.3 is 0 Å². The first-order valence-corrected chi connectivity index (χ1v) is 5.09. The molecule has 0 unspecified atom stereocenters. The third kappa shape index (κ3) is 3.82. The molecule has 0 saturated heterocycles. The van der Waals surface area contributed by atoms with E-state index in [2.05, 4.69) is 5.32 Å². The average molecular weight is 250 g/mol. The maximum Gasteiger partial charge on any atom is 0.295 e. The highest BCUT2D eigenvalue weighted by molar-refractivity contribution is 6.00. The predicted octanol–water partition coefficient (Wildman–Crippen LogP) is 2.80. The van der Waals surface area contributed by atoms with Crippen LogP contribution < -0.4 is 5.32 Å². The van der Waals surface area contributed by atoms with E-state index in [0.29, 0.717) is 0 Å². The van der Waals surface area contributed by atoms with Crippen LogP contribution in [0.2, 0.25) is 0 Å². The lowest BCUT2D eigenvalue weighted by atomic mass is 10.2. The molecule has 0 radical (unpaired) electrons. The normalized spacial score (nSPS) is 11.0. The first-order chi connectivity index (χ1) is 8.54. The van der Waals surface area contributed by atoms with Gasteiger partial charge in [0.15, 0.2) is 0 Å². The number of benzene rings is 1.